The van der Waals surface area contributed by atoms with Crippen LogP contribution in [0.15, 0.2) is 77.7 Å². The highest BCUT2D eigenvalue weighted by atomic mass is 32.2. The third-order valence-electron chi connectivity index (χ3n) is 6.87. The Labute approximate surface area is 213 Å². The maximum atomic E-state index is 14.5. The van der Waals surface area contributed by atoms with Crippen LogP contribution < -0.4 is 15.0 Å². The van der Waals surface area contributed by atoms with E-state index in [2.05, 4.69) is 41.6 Å². The standard InChI is InChI=1S/C28H32FN3O2SSi/c1-21-10-13-24(14-11-21)35(33,34)32-26-15-12-22(29)20-25(26)27(36(2,3)4)28(32)31-18-16-30(17-19-31)23-8-6-5-7-9-23/h5-15,20H,16-19H2,1-4H3. The fourth-order valence-corrected chi connectivity index (χ4v) is 8.70. The van der Waals surface area contributed by atoms with E-state index < -0.39 is 18.1 Å². The van der Waals surface area contributed by atoms with Crippen LogP contribution in [0.2, 0.25) is 19.6 Å². The average molecular weight is 522 g/mol. The lowest BCUT2D eigenvalue weighted by molar-refractivity contribution is 0.586. The van der Waals surface area contributed by atoms with E-state index in [4.69, 9.17) is 0 Å². The summed E-state index contributed by atoms with van der Waals surface area (Å²) in [7, 11) is -6.02. The Hall–Kier alpha value is -3.10. The Balaban J connectivity index is 1.70. The van der Waals surface area contributed by atoms with E-state index in [-0.39, 0.29) is 10.7 Å². The minimum Gasteiger partial charge on any atom is -0.368 e. The molecule has 0 saturated carbocycles. The predicted molar refractivity (Wildman–Crippen MR) is 150 cm³/mol. The van der Waals surface area contributed by atoms with Crippen LogP contribution in [-0.2, 0) is 10.0 Å². The van der Waals surface area contributed by atoms with E-state index >= 15 is 0 Å². The summed E-state index contributed by atoms with van der Waals surface area (Å²) in [6, 6.07) is 21.7. The summed E-state index contributed by atoms with van der Waals surface area (Å²) in [5.41, 5.74) is 2.70. The lowest BCUT2D eigenvalue weighted by atomic mass is 10.2. The van der Waals surface area contributed by atoms with Gasteiger partial charge in [0, 0.05) is 37.3 Å². The summed E-state index contributed by atoms with van der Waals surface area (Å²) < 4.78 is 44.4. The molecule has 0 spiro atoms. The van der Waals surface area contributed by atoms with Gasteiger partial charge in [-0.25, -0.2) is 16.8 Å². The lowest BCUT2D eigenvalue weighted by Gasteiger charge is -2.39. The summed E-state index contributed by atoms with van der Waals surface area (Å²) in [6.45, 7) is 11.4. The molecule has 0 unspecified atom stereocenters. The number of aryl methyl sites for hydroxylation is 1. The third-order valence-corrected chi connectivity index (χ3v) is 10.6. The van der Waals surface area contributed by atoms with E-state index in [0.717, 1.165) is 29.5 Å². The highest BCUT2D eigenvalue weighted by Gasteiger charge is 2.36. The number of hydrogen-bond donors (Lipinski definition) is 0. The molecule has 0 atom stereocenters. The van der Waals surface area contributed by atoms with Crippen molar-refractivity contribution in [3.63, 3.8) is 0 Å². The van der Waals surface area contributed by atoms with Gasteiger partial charge in [0.05, 0.1) is 18.5 Å². The summed E-state index contributed by atoms with van der Waals surface area (Å²) >= 11 is 0. The van der Waals surface area contributed by atoms with E-state index in [1.54, 1.807) is 18.2 Å². The van der Waals surface area contributed by atoms with E-state index in [9.17, 15) is 12.8 Å². The molecule has 0 bridgehead atoms. The van der Waals surface area contributed by atoms with Gasteiger partial charge in [-0.3, -0.25) is 0 Å². The van der Waals surface area contributed by atoms with Crippen LogP contribution >= 0.6 is 0 Å². The maximum Gasteiger partial charge on any atom is 0.269 e. The van der Waals surface area contributed by atoms with Crippen LogP contribution in [0.3, 0.4) is 0 Å². The number of para-hydroxylation sites is 1. The molecule has 0 radical (unpaired) electrons. The molecule has 1 aliphatic heterocycles. The molecule has 0 amide bonds. The van der Waals surface area contributed by atoms with Crippen molar-refractivity contribution in [2.75, 3.05) is 36.0 Å². The van der Waals surface area contributed by atoms with Gasteiger partial charge >= 0.3 is 0 Å². The van der Waals surface area contributed by atoms with Crippen LogP contribution in [0.4, 0.5) is 15.9 Å². The van der Waals surface area contributed by atoms with Crippen molar-refractivity contribution in [3.05, 3.63) is 84.2 Å². The van der Waals surface area contributed by atoms with Gasteiger partial charge in [-0.2, -0.15) is 0 Å². The minimum atomic E-state index is -3.92. The number of aromatic nitrogens is 1. The van der Waals surface area contributed by atoms with Crippen molar-refractivity contribution in [2.24, 2.45) is 0 Å². The van der Waals surface area contributed by atoms with Crippen molar-refractivity contribution in [2.45, 2.75) is 31.5 Å². The first-order valence-corrected chi connectivity index (χ1v) is 17.2. The molecule has 0 N–H and O–H groups in total. The normalized spacial score (nSPS) is 15.0. The zero-order chi connectivity index (χ0) is 25.7. The Morgan fingerprint density at radius 3 is 2.03 bits per heavy atom. The van der Waals surface area contributed by atoms with E-state index in [1.165, 1.54) is 16.1 Å². The predicted octanol–water partition coefficient (Wildman–Crippen LogP) is 5.20. The van der Waals surface area contributed by atoms with Gasteiger partial charge < -0.3 is 9.80 Å². The van der Waals surface area contributed by atoms with Gasteiger partial charge in [0.15, 0.2) is 0 Å². The van der Waals surface area contributed by atoms with Crippen LogP contribution in [0.1, 0.15) is 5.56 Å². The summed E-state index contributed by atoms with van der Waals surface area (Å²) in [5.74, 6) is 0.343. The van der Waals surface area contributed by atoms with Crippen molar-refractivity contribution in [3.8, 4) is 0 Å². The van der Waals surface area contributed by atoms with Crippen LogP contribution in [0, 0.1) is 12.7 Å². The largest absolute Gasteiger partial charge is 0.368 e. The third kappa shape index (κ3) is 4.33. The Kier molecular flexibility index (Phi) is 6.20. The van der Waals surface area contributed by atoms with E-state index in [1.807, 2.05) is 37.3 Å². The molecular formula is C28H32FN3O2SSi. The Morgan fingerprint density at radius 2 is 1.42 bits per heavy atom. The molecule has 4 aromatic rings. The van der Waals surface area contributed by atoms with Gasteiger partial charge in [0.1, 0.15) is 11.6 Å². The van der Waals surface area contributed by atoms with E-state index in [0.29, 0.717) is 29.8 Å². The molecule has 36 heavy (non-hydrogen) atoms. The molecule has 5 nitrogen and oxygen atoms in total. The first kappa shape index (κ1) is 24.6. The highest BCUT2D eigenvalue weighted by Crippen LogP contribution is 2.34. The van der Waals surface area contributed by atoms with Crippen LogP contribution in [-0.4, -0.2) is 46.6 Å². The second kappa shape index (κ2) is 9.08. The first-order chi connectivity index (χ1) is 17.1. The number of fused-ring (bicyclic) bond motifs is 1. The van der Waals surface area contributed by atoms with Gasteiger partial charge in [-0.05, 0) is 54.6 Å². The van der Waals surface area contributed by atoms with Crippen LogP contribution in [0.5, 0.6) is 0 Å². The van der Waals surface area contributed by atoms with Gasteiger partial charge in [0.2, 0.25) is 0 Å². The number of benzene rings is 3. The number of anilines is 2. The highest BCUT2D eigenvalue weighted by molar-refractivity contribution is 7.90. The number of hydrogen-bond acceptors (Lipinski definition) is 4. The molecule has 3 aromatic carbocycles. The molecule has 1 aromatic heterocycles. The monoisotopic (exact) mass is 521 g/mol. The SMILES string of the molecule is Cc1ccc(S(=O)(=O)n2c(N3CCN(c4ccccc4)CC3)c([Si](C)(C)C)c3cc(F)ccc32)cc1. The van der Waals surface area contributed by atoms with Gasteiger partial charge in [-0.15, -0.1) is 0 Å². The second-order valence-corrected chi connectivity index (χ2v) is 17.3. The average Bonchev–Trinajstić information content (AvgIpc) is 3.20. The van der Waals surface area contributed by atoms with Gasteiger partial charge in [0.25, 0.3) is 10.0 Å². The summed E-state index contributed by atoms with van der Waals surface area (Å²) in [4.78, 5) is 4.75. The smallest absolute Gasteiger partial charge is 0.269 e. The molecule has 5 rings (SSSR count). The molecule has 0 aliphatic carbocycles. The number of rotatable bonds is 5. The topological polar surface area (TPSA) is 45.6 Å². The van der Waals surface area contributed by atoms with Gasteiger partial charge in [-0.1, -0.05) is 55.5 Å². The van der Waals surface area contributed by atoms with Crippen molar-refractivity contribution < 1.29 is 12.8 Å². The molecule has 188 valence electrons. The summed E-state index contributed by atoms with van der Waals surface area (Å²) in [6.07, 6.45) is 0. The zero-order valence-electron chi connectivity index (χ0n) is 21.2. The first-order valence-electron chi connectivity index (χ1n) is 12.3. The Morgan fingerprint density at radius 1 is 0.806 bits per heavy atom. The Bertz CT molecular complexity index is 1500. The fourth-order valence-electron chi connectivity index (χ4n) is 5.12. The lowest BCUT2D eigenvalue weighted by Crippen LogP contribution is -2.51. The molecule has 1 aliphatic rings. The second-order valence-electron chi connectivity index (χ2n) is 10.5. The van der Waals surface area contributed by atoms with Crippen LogP contribution in [0.25, 0.3) is 10.9 Å². The maximum absolute atomic E-state index is 14.5. The van der Waals surface area contributed by atoms with Crippen molar-refractivity contribution in [1.82, 2.24) is 3.97 Å². The number of piperazine rings is 1. The number of halogens is 1. The quantitative estimate of drug-likeness (QED) is 0.339. The molecular weight excluding hydrogens is 489 g/mol. The zero-order valence-corrected chi connectivity index (χ0v) is 23.0. The fraction of sp³-hybridized carbons (Fsp3) is 0.286. The minimum absolute atomic E-state index is 0.237. The molecule has 1 saturated heterocycles. The molecule has 2 heterocycles. The number of nitrogens with zero attached hydrogens (tertiary/aromatic N) is 3. The molecule has 1 fully saturated rings. The van der Waals surface area contributed by atoms with Crippen molar-refractivity contribution >= 4 is 45.7 Å². The summed E-state index contributed by atoms with van der Waals surface area (Å²) in [5, 5.41) is 1.69. The molecule has 8 heteroatoms. The van der Waals surface area contributed by atoms with Crippen molar-refractivity contribution in [1.29, 1.82) is 0 Å².